The molecule has 0 spiro atoms. The maximum atomic E-state index is 14.1. The van der Waals surface area contributed by atoms with Crippen molar-refractivity contribution in [3.05, 3.63) is 64.2 Å². The first-order valence-electron chi connectivity index (χ1n) is 13.5. The lowest BCUT2D eigenvalue weighted by Crippen LogP contribution is -2.48. The fraction of sp³-hybridized carbons (Fsp3) is 0.567. The van der Waals surface area contributed by atoms with Crippen LogP contribution in [0.1, 0.15) is 69.1 Å². The van der Waals surface area contributed by atoms with E-state index >= 15 is 0 Å². The molecule has 6 atom stereocenters. The minimum Gasteiger partial charge on any atom is -0.611 e. The Morgan fingerprint density at radius 3 is 2.53 bits per heavy atom. The summed E-state index contributed by atoms with van der Waals surface area (Å²) in [4.78, 5) is 14.8. The number of carbonyl (C=O) groups excluding carboxylic acids is 1. The standard InChI is InChI=1S/C30H39ClO3SSi/c1-29(2,3)20-7-13-23-19(16-20)6-12-25-24(23)14-15-30(18-34-36(4)5)26(25)17-27(28(30)32)35(33)22-10-8-21(31)9-11-22/h7-11,13,16,24-27,36H,6,12,14-15,17-18H2,1-5H3/t24-,25-,26+,27?,30-,35?/m1/s1. The molecule has 2 saturated carbocycles. The zero-order chi connectivity index (χ0) is 25.8. The quantitative estimate of drug-likeness (QED) is 0.307. The van der Waals surface area contributed by atoms with E-state index in [1.54, 1.807) is 12.1 Å². The van der Waals surface area contributed by atoms with E-state index in [2.05, 4.69) is 52.1 Å². The second-order valence-electron chi connectivity index (χ2n) is 12.5. The summed E-state index contributed by atoms with van der Waals surface area (Å²) in [6.07, 6.45) is 4.72. The van der Waals surface area contributed by atoms with E-state index in [9.17, 15) is 9.35 Å². The number of benzene rings is 2. The fourth-order valence-electron chi connectivity index (χ4n) is 7.11. The average molecular weight is 543 g/mol. The normalized spacial score (nSPS) is 30.6. The number of Topliss-reactive ketones (excluding diaryl/α,β-unsaturated/α-hetero) is 1. The Balaban J connectivity index is 1.48. The first-order valence-corrected chi connectivity index (χ1v) is 17.8. The van der Waals surface area contributed by atoms with Crippen molar-refractivity contribution in [3.63, 3.8) is 0 Å². The third-order valence-corrected chi connectivity index (χ3v) is 11.8. The lowest BCUT2D eigenvalue weighted by Gasteiger charge is -2.49. The molecular formula is C30H39ClO3SSi. The van der Waals surface area contributed by atoms with Crippen LogP contribution in [0.3, 0.4) is 0 Å². The van der Waals surface area contributed by atoms with Gasteiger partial charge >= 0.3 is 0 Å². The van der Waals surface area contributed by atoms with E-state index in [1.807, 2.05) is 12.1 Å². The summed E-state index contributed by atoms with van der Waals surface area (Å²) in [5.41, 5.74) is 4.03. The molecule has 2 fully saturated rings. The summed E-state index contributed by atoms with van der Waals surface area (Å²) in [5.74, 6) is 1.34. The predicted octanol–water partition coefficient (Wildman–Crippen LogP) is 6.83. The number of hydrogen-bond acceptors (Lipinski definition) is 3. The van der Waals surface area contributed by atoms with Crippen LogP contribution in [0.2, 0.25) is 18.1 Å². The monoisotopic (exact) mass is 542 g/mol. The SMILES string of the molecule is C[SiH](C)OC[C@]12CC[C@@H]3c4ccc(C(C)(C)C)cc4CC[C@H]3[C@@H]1CC([S+]([O-])c1ccc(Cl)cc1)C2=O. The molecule has 2 unspecified atom stereocenters. The Morgan fingerprint density at radius 1 is 1.14 bits per heavy atom. The van der Waals surface area contributed by atoms with Gasteiger partial charge in [-0.05, 0) is 114 Å². The van der Waals surface area contributed by atoms with Crippen LogP contribution in [0.4, 0.5) is 0 Å². The highest BCUT2D eigenvalue weighted by atomic mass is 35.5. The Labute approximate surface area is 226 Å². The van der Waals surface area contributed by atoms with Crippen molar-refractivity contribution in [2.75, 3.05) is 6.61 Å². The van der Waals surface area contributed by atoms with E-state index in [1.165, 1.54) is 16.7 Å². The zero-order valence-electron chi connectivity index (χ0n) is 22.2. The molecule has 2 aromatic rings. The van der Waals surface area contributed by atoms with Gasteiger partial charge in [-0.3, -0.25) is 4.79 Å². The molecule has 2 aromatic carbocycles. The van der Waals surface area contributed by atoms with Gasteiger partial charge in [-0.15, -0.1) is 0 Å². The van der Waals surface area contributed by atoms with Crippen molar-refractivity contribution in [2.24, 2.45) is 17.3 Å². The predicted molar refractivity (Wildman–Crippen MR) is 151 cm³/mol. The second kappa shape index (κ2) is 9.89. The minimum atomic E-state index is -1.38. The van der Waals surface area contributed by atoms with Gasteiger partial charge in [0.15, 0.2) is 25.0 Å². The highest BCUT2D eigenvalue weighted by Crippen LogP contribution is 2.61. The highest BCUT2D eigenvalue weighted by Gasteiger charge is 2.63. The van der Waals surface area contributed by atoms with Crippen LogP contribution in [0.5, 0.6) is 0 Å². The summed E-state index contributed by atoms with van der Waals surface area (Å²) in [5, 5.41) is 0.157. The minimum absolute atomic E-state index is 0.141. The van der Waals surface area contributed by atoms with Gasteiger partial charge in [-0.1, -0.05) is 50.6 Å². The molecule has 3 aliphatic carbocycles. The first-order chi connectivity index (χ1) is 17.0. The number of fused-ring (bicyclic) bond motifs is 5. The van der Waals surface area contributed by atoms with Crippen molar-refractivity contribution < 1.29 is 13.8 Å². The smallest absolute Gasteiger partial charge is 0.193 e. The van der Waals surface area contributed by atoms with Gasteiger partial charge in [0.1, 0.15) is 0 Å². The van der Waals surface area contributed by atoms with Crippen LogP contribution in [-0.2, 0) is 32.2 Å². The number of hydrogen-bond donors (Lipinski definition) is 0. The third kappa shape index (κ3) is 4.64. The molecule has 0 heterocycles. The Kier molecular flexibility index (Phi) is 7.28. The molecule has 36 heavy (non-hydrogen) atoms. The number of halogens is 1. The van der Waals surface area contributed by atoms with Gasteiger partial charge in [-0.25, -0.2) is 0 Å². The van der Waals surface area contributed by atoms with Crippen molar-refractivity contribution in [1.29, 1.82) is 0 Å². The van der Waals surface area contributed by atoms with Gasteiger partial charge in [0.25, 0.3) is 0 Å². The van der Waals surface area contributed by atoms with Crippen molar-refractivity contribution in [1.82, 2.24) is 0 Å². The Morgan fingerprint density at radius 2 is 1.86 bits per heavy atom. The molecule has 6 heteroatoms. The van der Waals surface area contributed by atoms with Crippen LogP contribution >= 0.6 is 11.6 Å². The molecule has 194 valence electrons. The summed E-state index contributed by atoms with van der Waals surface area (Å²) in [6.45, 7) is 11.7. The van der Waals surface area contributed by atoms with Crippen LogP contribution in [0.15, 0.2) is 47.4 Å². The van der Waals surface area contributed by atoms with E-state index in [0.717, 1.165) is 25.7 Å². The molecule has 3 nitrogen and oxygen atoms in total. The maximum absolute atomic E-state index is 14.1. The molecule has 0 bridgehead atoms. The fourth-order valence-corrected chi connectivity index (χ4v) is 9.41. The van der Waals surface area contributed by atoms with Crippen LogP contribution in [0, 0.1) is 17.3 Å². The van der Waals surface area contributed by atoms with Crippen LogP contribution in [-0.4, -0.2) is 31.2 Å². The number of aryl methyl sites for hydroxylation is 1. The molecule has 0 radical (unpaired) electrons. The number of carbonyl (C=O) groups is 1. The van der Waals surface area contributed by atoms with Gasteiger partial charge < -0.3 is 8.98 Å². The van der Waals surface area contributed by atoms with Gasteiger partial charge in [-0.2, -0.15) is 0 Å². The molecule has 0 aliphatic heterocycles. The number of rotatable bonds is 5. The molecule has 0 N–H and O–H groups in total. The summed E-state index contributed by atoms with van der Waals surface area (Å²) in [6, 6.07) is 14.3. The Bertz CT molecular complexity index is 1130. The Hall–Kier alpha value is -1.11. The maximum Gasteiger partial charge on any atom is 0.193 e. The summed E-state index contributed by atoms with van der Waals surface area (Å²) in [7, 11) is -1.29. The second-order valence-corrected chi connectivity index (χ2v) is 17.0. The highest BCUT2D eigenvalue weighted by molar-refractivity contribution is 7.92. The van der Waals surface area contributed by atoms with Crippen molar-refractivity contribution in [3.8, 4) is 0 Å². The van der Waals surface area contributed by atoms with Gasteiger partial charge in [0.2, 0.25) is 0 Å². The van der Waals surface area contributed by atoms with Gasteiger partial charge in [0.05, 0.1) is 5.41 Å². The average Bonchev–Trinajstić information content (AvgIpc) is 3.14. The van der Waals surface area contributed by atoms with Gasteiger partial charge in [0, 0.05) is 18.1 Å². The first kappa shape index (κ1) is 26.5. The van der Waals surface area contributed by atoms with Crippen molar-refractivity contribution in [2.45, 2.75) is 87.4 Å². The lowest BCUT2D eigenvalue weighted by atomic mass is 9.55. The third-order valence-electron chi connectivity index (χ3n) is 9.03. The lowest BCUT2D eigenvalue weighted by molar-refractivity contribution is -0.133. The summed E-state index contributed by atoms with van der Waals surface area (Å²) < 4.78 is 20.0. The van der Waals surface area contributed by atoms with Crippen LogP contribution < -0.4 is 0 Å². The van der Waals surface area contributed by atoms with Crippen molar-refractivity contribution >= 4 is 37.6 Å². The summed E-state index contributed by atoms with van der Waals surface area (Å²) >= 11 is 4.69. The molecule has 0 aromatic heterocycles. The molecule has 3 aliphatic rings. The van der Waals surface area contributed by atoms with E-state index in [-0.39, 0.29) is 17.1 Å². The number of ketones is 1. The van der Waals surface area contributed by atoms with E-state index < -0.39 is 30.9 Å². The van der Waals surface area contributed by atoms with E-state index in [4.69, 9.17) is 16.0 Å². The topological polar surface area (TPSA) is 49.4 Å². The van der Waals surface area contributed by atoms with Crippen LogP contribution in [0.25, 0.3) is 0 Å². The largest absolute Gasteiger partial charge is 0.611 e. The molecule has 5 rings (SSSR count). The molecule has 0 saturated heterocycles. The van der Waals surface area contributed by atoms with E-state index in [0.29, 0.717) is 34.8 Å². The zero-order valence-corrected chi connectivity index (χ0v) is 24.9. The molecular weight excluding hydrogens is 504 g/mol. The molecule has 0 amide bonds.